The van der Waals surface area contributed by atoms with E-state index < -0.39 is 0 Å². The number of carbonyl (C=O) groups is 2. The first-order valence-electron chi connectivity index (χ1n) is 9.29. The van der Waals surface area contributed by atoms with Crippen LogP contribution in [0.3, 0.4) is 0 Å². The molecule has 28 heavy (non-hydrogen) atoms. The summed E-state index contributed by atoms with van der Waals surface area (Å²) in [5.74, 6) is 1.64. The maximum Gasteiger partial charge on any atom is 0.286 e. The molecule has 9 heteroatoms. The Kier molecular flexibility index (Phi) is 7.67. The van der Waals surface area contributed by atoms with Crippen LogP contribution >= 0.6 is 23.1 Å². The van der Waals surface area contributed by atoms with Crippen LogP contribution in [0.5, 0.6) is 5.75 Å². The van der Waals surface area contributed by atoms with Crippen molar-refractivity contribution in [2.45, 2.75) is 31.4 Å². The number of likely N-dealkylation sites (tertiary alicyclic amines) is 1. The van der Waals surface area contributed by atoms with Gasteiger partial charge < -0.3 is 15.0 Å². The minimum atomic E-state index is -0.292. The maximum absolute atomic E-state index is 12.3. The second-order valence-corrected chi connectivity index (χ2v) is 8.52. The molecular formula is C19H24N4O3S2. The normalized spacial score (nSPS) is 14.4. The SMILES string of the molecule is COc1ccc(NC(=O)c2nnc(CSCC(=O)N3CCCCCC3)s2)cc1. The first-order valence-corrected chi connectivity index (χ1v) is 11.3. The fourth-order valence-electron chi connectivity index (χ4n) is 2.90. The van der Waals surface area contributed by atoms with E-state index in [0.29, 0.717) is 22.2 Å². The summed E-state index contributed by atoms with van der Waals surface area (Å²) in [6.45, 7) is 1.74. The Morgan fingerprint density at radius 2 is 1.86 bits per heavy atom. The number of benzene rings is 1. The highest BCUT2D eigenvalue weighted by atomic mass is 32.2. The first kappa shape index (κ1) is 20.6. The van der Waals surface area contributed by atoms with Gasteiger partial charge >= 0.3 is 0 Å². The Balaban J connectivity index is 1.45. The Bertz CT molecular complexity index is 787. The number of amides is 2. The van der Waals surface area contributed by atoms with Crippen LogP contribution < -0.4 is 10.1 Å². The lowest BCUT2D eigenvalue weighted by Crippen LogP contribution is -2.33. The fourth-order valence-corrected chi connectivity index (χ4v) is 4.61. The van der Waals surface area contributed by atoms with Gasteiger partial charge in [-0.25, -0.2) is 0 Å². The number of thioether (sulfide) groups is 1. The molecular weight excluding hydrogens is 396 g/mol. The lowest BCUT2D eigenvalue weighted by atomic mass is 10.2. The van der Waals surface area contributed by atoms with Gasteiger partial charge in [0.05, 0.1) is 12.9 Å². The quantitative estimate of drug-likeness (QED) is 0.739. The number of anilines is 1. The van der Waals surface area contributed by atoms with E-state index in [2.05, 4.69) is 15.5 Å². The van der Waals surface area contributed by atoms with Crippen molar-refractivity contribution in [3.63, 3.8) is 0 Å². The molecule has 3 rings (SSSR count). The van der Waals surface area contributed by atoms with Gasteiger partial charge in [-0.3, -0.25) is 9.59 Å². The third-order valence-electron chi connectivity index (χ3n) is 4.42. The number of rotatable bonds is 7. The summed E-state index contributed by atoms with van der Waals surface area (Å²) < 4.78 is 5.10. The molecule has 2 aromatic rings. The minimum absolute atomic E-state index is 0.189. The lowest BCUT2D eigenvalue weighted by Gasteiger charge is -2.19. The van der Waals surface area contributed by atoms with Crippen molar-refractivity contribution >= 4 is 40.6 Å². The molecule has 0 unspecified atom stereocenters. The van der Waals surface area contributed by atoms with Crippen LogP contribution in [0.4, 0.5) is 5.69 Å². The second-order valence-electron chi connectivity index (χ2n) is 6.47. The van der Waals surface area contributed by atoms with Gasteiger partial charge in [-0.1, -0.05) is 24.2 Å². The van der Waals surface area contributed by atoms with Crippen molar-refractivity contribution in [1.82, 2.24) is 15.1 Å². The summed E-state index contributed by atoms with van der Waals surface area (Å²) in [7, 11) is 1.59. The topological polar surface area (TPSA) is 84.4 Å². The molecule has 1 fully saturated rings. The molecule has 0 radical (unpaired) electrons. The Morgan fingerprint density at radius 1 is 1.14 bits per heavy atom. The average molecular weight is 421 g/mol. The van der Waals surface area contributed by atoms with Crippen molar-refractivity contribution < 1.29 is 14.3 Å². The molecule has 0 saturated carbocycles. The number of ether oxygens (including phenoxy) is 1. The van der Waals surface area contributed by atoms with E-state index in [1.54, 1.807) is 31.4 Å². The molecule has 1 saturated heterocycles. The van der Waals surface area contributed by atoms with Gasteiger partial charge in [0, 0.05) is 24.5 Å². The average Bonchev–Trinajstić information content (AvgIpc) is 3.01. The van der Waals surface area contributed by atoms with Crippen LogP contribution in [-0.4, -0.2) is 52.9 Å². The zero-order chi connectivity index (χ0) is 19.8. The predicted molar refractivity (Wildman–Crippen MR) is 112 cm³/mol. The fraction of sp³-hybridized carbons (Fsp3) is 0.474. The largest absolute Gasteiger partial charge is 0.497 e. The van der Waals surface area contributed by atoms with E-state index in [9.17, 15) is 9.59 Å². The highest BCUT2D eigenvalue weighted by molar-refractivity contribution is 7.99. The van der Waals surface area contributed by atoms with E-state index in [0.717, 1.165) is 36.7 Å². The van der Waals surface area contributed by atoms with Gasteiger partial charge in [0.15, 0.2) is 0 Å². The molecule has 0 atom stereocenters. The standard InChI is InChI=1S/C19H24N4O3S2/c1-26-15-8-6-14(7-9-15)20-18(25)19-22-21-16(28-19)12-27-13-17(24)23-10-4-2-3-5-11-23/h6-9H,2-5,10-13H2,1H3,(H,20,25). The van der Waals surface area contributed by atoms with Crippen LogP contribution in [0.2, 0.25) is 0 Å². The lowest BCUT2D eigenvalue weighted by molar-refractivity contribution is -0.128. The van der Waals surface area contributed by atoms with Crippen LogP contribution in [0.25, 0.3) is 0 Å². The molecule has 2 amide bonds. The van der Waals surface area contributed by atoms with Gasteiger partial charge in [-0.2, -0.15) is 0 Å². The van der Waals surface area contributed by atoms with Crippen molar-refractivity contribution in [2.75, 3.05) is 31.3 Å². The molecule has 0 bridgehead atoms. The Hall–Kier alpha value is -2.13. The minimum Gasteiger partial charge on any atom is -0.497 e. The van der Waals surface area contributed by atoms with Crippen LogP contribution in [0.1, 0.15) is 40.5 Å². The summed E-state index contributed by atoms with van der Waals surface area (Å²) in [4.78, 5) is 26.6. The van der Waals surface area contributed by atoms with Gasteiger partial charge in [0.2, 0.25) is 10.9 Å². The summed E-state index contributed by atoms with van der Waals surface area (Å²) in [6, 6.07) is 7.09. The van der Waals surface area contributed by atoms with E-state index in [-0.39, 0.29) is 11.8 Å². The first-order chi connectivity index (χ1) is 13.7. The maximum atomic E-state index is 12.3. The molecule has 1 aliphatic rings. The summed E-state index contributed by atoms with van der Waals surface area (Å²) in [5.41, 5.74) is 0.667. The monoisotopic (exact) mass is 420 g/mol. The number of hydrogen-bond donors (Lipinski definition) is 1. The number of carbonyl (C=O) groups excluding carboxylic acids is 2. The molecule has 0 spiro atoms. The predicted octanol–water partition coefficient (Wildman–Crippen LogP) is 3.43. The van der Waals surface area contributed by atoms with Crippen LogP contribution in [-0.2, 0) is 10.5 Å². The molecule has 1 aliphatic heterocycles. The highest BCUT2D eigenvalue weighted by Gasteiger charge is 2.17. The number of nitrogens with zero attached hydrogens (tertiary/aromatic N) is 3. The zero-order valence-electron chi connectivity index (χ0n) is 15.8. The molecule has 7 nitrogen and oxygen atoms in total. The van der Waals surface area contributed by atoms with E-state index >= 15 is 0 Å². The van der Waals surface area contributed by atoms with Gasteiger partial charge in [-0.05, 0) is 37.1 Å². The molecule has 1 aromatic carbocycles. The third-order valence-corrected chi connectivity index (χ3v) is 6.45. The number of aromatic nitrogens is 2. The van der Waals surface area contributed by atoms with Gasteiger partial charge in [-0.15, -0.1) is 22.0 Å². The van der Waals surface area contributed by atoms with Gasteiger partial charge in [0.25, 0.3) is 5.91 Å². The summed E-state index contributed by atoms with van der Waals surface area (Å²) in [5, 5.41) is 11.9. The summed E-state index contributed by atoms with van der Waals surface area (Å²) in [6.07, 6.45) is 4.62. The Labute approximate surface area is 172 Å². The molecule has 1 aromatic heterocycles. The third kappa shape index (κ3) is 5.93. The Morgan fingerprint density at radius 3 is 2.54 bits per heavy atom. The van der Waals surface area contributed by atoms with Crippen molar-refractivity contribution in [3.8, 4) is 5.75 Å². The van der Waals surface area contributed by atoms with E-state index in [4.69, 9.17) is 4.74 Å². The molecule has 0 aliphatic carbocycles. The van der Waals surface area contributed by atoms with Crippen molar-refractivity contribution in [1.29, 1.82) is 0 Å². The molecule has 150 valence electrons. The van der Waals surface area contributed by atoms with Crippen LogP contribution in [0.15, 0.2) is 24.3 Å². The second kappa shape index (κ2) is 10.4. The summed E-state index contributed by atoms with van der Waals surface area (Å²) >= 11 is 2.77. The number of hydrogen-bond acceptors (Lipinski definition) is 7. The van der Waals surface area contributed by atoms with Crippen molar-refractivity contribution in [3.05, 3.63) is 34.3 Å². The zero-order valence-corrected chi connectivity index (χ0v) is 17.5. The van der Waals surface area contributed by atoms with Gasteiger partial charge in [0.1, 0.15) is 10.8 Å². The van der Waals surface area contributed by atoms with Crippen molar-refractivity contribution in [2.24, 2.45) is 0 Å². The highest BCUT2D eigenvalue weighted by Crippen LogP contribution is 2.20. The smallest absolute Gasteiger partial charge is 0.286 e. The van der Waals surface area contributed by atoms with Crippen LogP contribution in [0, 0.1) is 0 Å². The molecule has 1 N–H and O–H groups in total. The molecule has 2 heterocycles. The van der Waals surface area contributed by atoms with E-state index in [1.807, 2.05) is 4.90 Å². The van der Waals surface area contributed by atoms with E-state index in [1.165, 1.54) is 35.9 Å². The number of nitrogens with one attached hydrogen (secondary N) is 1. The number of methoxy groups -OCH3 is 1.